The highest BCUT2D eigenvalue weighted by Crippen LogP contribution is 2.13. The van der Waals surface area contributed by atoms with Crippen LogP contribution in [0.25, 0.3) is 0 Å². The van der Waals surface area contributed by atoms with Gasteiger partial charge < -0.3 is 9.30 Å². The van der Waals surface area contributed by atoms with Gasteiger partial charge in [-0.15, -0.1) is 0 Å². The Morgan fingerprint density at radius 1 is 1.44 bits per heavy atom. The highest BCUT2D eigenvalue weighted by atomic mass is 19.1. The molecule has 0 spiro atoms. The standard InChI is InChI=1S/C18H19FN4O2/c1-12-8-15(13(2)23(12)6-7-25-3)11-21-22-18(24)16-5-4-14(10-20)9-17(16)19/h4-5,8-9,11H,6-7H2,1-3H3,(H,22,24)/b21-11-. The monoisotopic (exact) mass is 342 g/mol. The molecule has 0 aliphatic carbocycles. The number of methoxy groups -OCH3 is 1. The van der Waals surface area contributed by atoms with Gasteiger partial charge in [-0.1, -0.05) is 0 Å². The summed E-state index contributed by atoms with van der Waals surface area (Å²) < 4.78 is 21.0. The Morgan fingerprint density at radius 3 is 2.84 bits per heavy atom. The molecule has 2 aromatic rings. The van der Waals surface area contributed by atoms with Gasteiger partial charge in [0.2, 0.25) is 0 Å². The molecule has 0 unspecified atom stereocenters. The number of nitriles is 1. The van der Waals surface area contributed by atoms with E-state index in [4.69, 9.17) is 10.00 Å². The molecule has 0 bridgehead atoms. The van der Waals surface area contributed by atoms with Crippen molar-refractivity contribution in [3.05, 3.63) is 58.2 Å². The minimum absolute atomic E-state index is 0.154. The first-order chi connectivity index (χ1) is 12.0. The van der Waals surface area contributed by atoms with Gasteiger partial charge in [0, 0.05) is 30.6 Å². The molecule has 6 nitrogen and oxygen atoms in total. The number of ether oxygens (including phenoxy) is 1. The molecule has 0 aliphatic rings. The zero-order valence-electron chi connectivity index (χ0n) is 14.3. The number of nitrogens with one attached hydrogen (secondary N) is 1. The van der Waals surface area contributed by atoms with Crippen LogP contribution in [-0.4, -0.2) is 30.4 Å². The number of rotatable bonds is 6. The maximum absolute atomic E-state index is 13.8. The van der Waals surface area contributed by atoms with Gasteiger partial charge in [0.25, 0.3) is 5.91 Å². The van der Waals surface area contributed by atoms with Gasteiger partial charge in [0.05, 0.1) is 30.0 Å². The van der Waals surface area contributed by atoms with Gasteiger partial charge in [-0.05, 0) is 38.1 Å². The van der Waals surface area contributed by atoms with Crippen molar-refractivity contribution in [3.8, 4) is 6.07 Å². The van der Waals surface area contributed by atoms with E-state index in [2.05, 4.69) is 15.1 Å². The van der Waals surface area contributed by atoms with E-state index in [1.165, 1.54) is 18.3 Å². The molecule has 1 aromatic carbocycles. The van der Waals surface area contributed by atoms with Crippen LogP contribution in [-0.2, 0) is 11.3 Å². The third-order valence-corrected chi connectivity index (χ3v) is 3.84. The molecule has 0 radical (unpaired) electrons. The number of benzene rings is 1. The lowest BCUT2D eigenvalue weighted by Gasteiger charge is -2.08. The number of carbonyl (C=O) groups excluding carboxylic acids is 1. The SMILES string of the molecule is COCCn1c(C)cc(/C=N\NC(=O)c2ccc(C#N)cc2F)c1C. The van der Waals surface area contributed by atoms with E-state index in [1.807, 2.05) is 26.0 Å². The number of aromatic nitrogens is 1. The highest BCUT2D eigenvalue weighted by molar-refractivity contribution is 5.95. The van der Waals surface area contributed by atoms with Crippen LogP contribution in [0, 0.1) is 31.0 Å². The number of carbonyl (C=O) groups is 1. The van der Waals surface area contributed by atoms with Gasteiger partial charge in [-0.3, -0.25) is 4.79 Å². The van der Waals surface area contributed by atoms with Crippen LogP contribution in [0.3, 0.4) is 0 Å². The van der Waals surface area contributed by atoms with E-state index in [9.17, 15) is 9.18 Å². The maximum Gasteiger partial charge on any atom is 0.274 e. The molecule has 0 fully saturated rings. The normalized spacial score (nSPS) is 10.8. The van der Waals surface area contributed by atoms with Crippen molar-refractivity contribution in [2.75, 3.05) is 13.7 Å². The number of aryl methyl sites for hydroxylation is 1. The largest absolute Gasteiger partial charge is 0.383 e. The Labute approximate surface area is 145 Å². The van der Waals surface area contributed by atoms with Gasteiger partial charge in [-0.25, -0.2) is 9.82 Å². The first-order valence-corrected chi connectivity index (χ1v) is 7.66. The summed E-state index contributed by atoms with van der Waals surface area (Å²) in [7, 11) is 1.65. The lowest BCUT2D eigenvalue weighted by Crippen LogP contribution is -2.19. The molecular weight excluding hydrogens is 323 g/mol. The summed E-state index contributed by atoms with van der Waals surface area (Å²) in [6, 6.07) is 7.42. The summed E-state index contributed by atoms with van der Waals surface area (Å²) in [6.45, 7) is 5.25. The van der Waals surface area contributed by atoms with Crippen molar-refractivity contribution in [2.45, 2.75) is 20.4 Å². The van der Waals surface area contributed by atoms with Crippen LogP contribution in [0.15, 0.2) is 29.4 Å². The van der Waals surface area contributed by atoms with Crippen LogP contribution < -0.4 is 5.43 Å². The topological polar surface area (TPSA) is 79.4 Å². The molecule has 25 heavy (non-hydrogen) atoms. The smallest absolute Gasteiger partial charge is 0.274 e. The quantitative estimate of drug-likeness (QED) is 0.647. The summed E-state index contributed by atoms with van der Waals surface area (Å²) >= 11 is 0. The molecule has 2 rings (SSSR count). The van der Waals surface area contributed by atoms with Gasteiger partial charge in [-0.2, -0.15) is 10.4 Å². The third kappa shape index (κ3) is 4.31. The fourth-order valence-electron chi connectivity index (χ4n) is 2.47. The van der Waals surface area contributed by atoms with E-state index in [-0.39, 0.29) is 11.1 Å². The Bertz CT molecular complexity index is 849. The number of hydrogen-bond acceptors (Lipinski definition) is 4. The van der Waals surface area contributed by atoms with E-state index in [0.717, 1.165) is 29.6 Å². The lowest BCUT2D eigenvalue weighted by atomic mass is 10.1. The molecule has 1 aromatic heterocycles. The fourth-order valence-corrected chi connectivity index (χ4v) is 2.47. The number of amides is 1. The van der Waals surface area contributed by atoms with E-state index in [1.54, 1.807) is 7.11 Å². The summed E-state index contributed by atoms with van der Waals surface area (Å²) in [4.78, 5) is 12.0. The lowest BCUT2D eigenvalue weighted by molar-refractivity contribution is 0.0951. The molecule has 0 atom stereocenters. The van der Waals surface area contributed by atoms with Gasteiger partial charge in [0.15, 0.2) is 0 Å². The zero-order chi connectivity index (χ0) is 18.4. The van der Waals surface area contributed by atoms with Crippen molar-refractivity contribution in [3.63, 3.8) is 0 Å². The van der Waals surface area contributed by atoms with E-state index >= 15 is 0 Å². The van der Waals surface area contributed by atoms with Crippen LogP contribution >= 0.6 is 0 Å². The summed E-state index contributed by atoms with van der Waals surface area (Å²) in [5, 5.41) is 12.6. The van der Waals surface area contributed by atoms with E-state index in [0.29, 0.717) is 6.61 Å². The molecule has 7 heteroatoms. The molecule has 1 heterocycles. The Morgan fingerprint density at radius 2 is 2.20 bits per heavy atom. The highest BCUT2D eigenvalue weighted by Gasteiger charge is 2.12. The molecule has 0 saturated heterocycles. The van der Waals surface area contributed by atoms with Gasteiger partial charge in [0.1, 0.15) is 5.82 Å². The number of halogens is 1. The second-order valence-corrected chi connectivity index (χ2v) is 5.48. The fraction of sp³-hybridized carbons (Fsp3) is 0.278. The predicted molar refractivity (Wildman–Crippen MR) is 92.0 cm³/mol. The van der Waals surface area contributed by atoms with Crippen molar-refractivity contribution >= 4 is 12.1 Å². The number of hydrazone groups is 1. The Kier molecular flexibility index (Phi) is 6.03. The summed E-state index contributed by atoms with van der Waals surface area (Å²) in [5.41, 5.74) is 5.20. The second kappa shape index (κ2) is 8.22. The molecular formula is C18H19FN4O2. The minimum Gasteiger partial charge on any atom is -0.383 e. The summed E-state index contributed by atoms with van der Waals surface area (Å²) in [6.07, 6.45) is 1.52. The van der Waals surface area contributed by atoms with Crippen LogP contribution in [0.4, 0.5) is 4.39 Å². The van der Waals surface area contributed by atoms with Crippen molar-refractivity contribution < 1.29 is 13.9 Å². The molecule has 1 amide bonds. The number of nitrogens with zero attached hydrogens (tertiary/aromatic N) is 3. The first-order valence-electron chi connectivity index (χ1n) is 7.66. The average Bonchev–Trinajstić information content (AvgIpc) is 2.86. The minimum atomic E-state index is -0.760. The molecule has 130 valence electrons. The molecule has 1 N–H and O–H groups in total. The summed E-state index contributed by atoms with van der Waals surface area (Å²) in [5.74, 6) is -1.43. The third-order valence-electron chi connectivity index (χ3n) is 3.84. The van der Waals surface area contributed by atoms with Gasteiger partial charge >= 0.3 is 0 Å². The zero-order valence-corrected chi connectivity index (χ0v) is 14.3. The second-order valence-electron chi connectivity index (χ2n) is 5.48. The Hall–Kier alpha value is -2.98. The Balaban J connectivity index is 2.08. The van der Waals surface area contributed by atoms with Crippen molar-refractivity contribution in [1.29, 1.82) is 5.26 Å². The van der Waals surface area contributed by atoms with Crippen LogP contribution in [0.2, 0.25) is 0 Å². The molecule has 0 saturated carbocycles. The number of hydrogen-bond donors (Lipinski definition) is 1. The van der Waals surface area contributed by atoms with E-state index < -0.39 is 11.7 Å². The first kappa shape index (κ1) is 18.4. The maximum atomic E-state index is 13.8. The van der Waals surface area contributed by atoms with Crippen LogP contribution in [0.1, 0.15) is 32.9 Å². The average molecular weight is 342 g/mol. The van der Waals surface area contributed by atoms with Crippen molar-refractivity contribution in [1.82, 2.24) is 9.99 Å². The molecule has 0 aliphatic heterocycles. The van der Waals surface area contributed by atoms with Crippen LogP contribution in [0.5, 0.6) is 0 Å². The van der Waals surface area contributed by atoms with Crippen molar-refractivity contribution in [2.24, 2.45) is 5.10 Å². The predicted octanol–water partition coefficient (Wildman–Crippen LogP) is 2.53.